The monoisotopic (exact) mass is 397 g/mol. The van der Waals surface area contributed by atoms with E-state index in [1.165, 1.54) is 11.6 Å². The first kappa shape index (κ1) is 18.7. The van der Waals surface area contributed by atoms with Gasteiger partial charge in [-0.2, -0.15) is 0 Å². The van der Waals surface area contributed by atoms with Gasteiger partial charge in [0.15, 0.2) is 0 Å². The summed E-state index contributed by atoms with van der Waals surface area (Å²) in [5.41, 5.74) is 8.25. The normalized spacial score (nSPS) is 17.2. The Balaban J connectivity index is 1.86. The minimum absolute atomic E-state index is 0.138. The van der Waals surface area contributed by atoms with E-state index in [2.05, 4.69) is 63.4 Å². The van der Waals surface area contributed by atoms with Crippen LogP contribution >= 0.6 is 0 Å². The molecule has 3 aromatic rings. The molecule has 2 nitrogen and oxygen atoms in total. The lowest BCUT2D eigenvalue weighted by atomic mass is 9.81. The molecule has 0 saturated heterocycles. The zero-order chi connectivity index (χ0) is 21.0. The van der Waals surface area contributed by atoms with Gasteiger partial charge in [-0.15, -0.1) is 0 Å². The number of ether oxygens (including phenoxy) is 1. The van der Waals surface area contributed by atoms with Crippen LogP contribution < -0.4 is 10.1 Å². The zero-order valence-corrected chi connectivity index (χ0v) is 17.6. The predicted molar refractivity (Wildman–Crippen MR) is 123 cm³/mol. The molecule has 2 aliphatic rings. The lowest BCUT2D eigenvalue weighted by Crippen LogP contribution is -2.32. The number of benzene rings is 3. The van der Waals surface area contributed by atoms with Crippen LogP contribution in [0.25, 0.3) is 28.5 Å². The number of allylic oxidation sites excluding steroid dienone is 1. The predicted octanol–water partition coefficient (Wildman–Crippen LogP) is 7.30. The third-order valence-corrected chi connectivity index (χ3v) is 5.73. The van der Waals surface area contributed by atoms with Crippen molar-refractivity contribution >= 4 is 23.1 Å². The fourth-order valence-electron chi connectivity index (χ4n) is 4.67. The summed E-state index contributed by atoms with van der Waals surface area (Å²) in [7, 11) is 0. The summed E-state index contributed by atoms with van der Waals surface area (Å²) in [4.78, 5) is 0. The van der Waals surface area contributed by atoms with Crippen LogP contribution in [0.2, 0.25) is 0 Å². The first-order valence-corrected chi connectivity index (χ1v) is 10.2. The molecule has 0 unspecified atom stereocenters. The summed E-state index contributed by atoms with van der Waals surface area (Å²) in [5.74, 6) is 1.20. The number of hydrogen-bond acceptors (Lipinski definition) is 2. The Morgan fingerprint density at radius 3 is 2.47 bits per heavy atom. The Bertz CT molecular complexity index is 1240. The van der Waals surface area contributed by atoms with E-state index in [-0.39, 0.29) is 11.4 Å². The molecule has 150 valence electrons. The quantitative estimate of drug-likeness (QED) is 0.465. The van der Waals surface area contributed by atoms with Crippen molar-refractivity contribution in [2.75, 3.05) is 5.32 Å². The van der Waals surface area contributed by atoms with Crippen LogP contribution in [0.4, 0.5) is 10.1 Å². The topological polar surface area (TPSA) is 21.3 Å². The largest absolute Gasteiger partial charge is 0.456 e. The minimum Gasteiger partial charge on any atom is -0.456 e. The Hall–Kier alpha value is -3.33. The summed E-state index contributed by atoms with van der Waals surface area (Å²) in [6, 6.07) is 17.1. The number of nitrogens with one attached hydrogen (secondary N) is 1. The molecule has 0 aliphatic carbocycles. The van der Waals surface area contributed by atoms with Gasteiger partial charge in [-0.25, -0.2) is 4.39 Å². The molecule has 2 aliphatic heterocycles. The van der Waals surface area contributed by atoms with Crippen molar-refractivity contribution < 1.29 is 9.13 Å². The summed E-state index contributed by atoms with van der Waals surface area (Å²) in [6.45, 7) is 8.55. The highest BCUT2D eigenvalue weighted by molar-refractivity contribution is 6.01. The van der Waals surface area contributed by atoms with Crippen LogP contribution in [-0.4, -0.2) is 5.54 Å². The van der Waals surface area contributed by atoms with Crippen LogP contribution in [0.5, 0.6) is 5.75 Å². The zero-order valence-electron chi connectivity index (χ0n) is 17.6. The van der Waals surface area contributed by atoms with Gasteiger partial charge in [-0.1, -0.05) is 36.4 Å². The van der Waals surface area contributed by atoms with Gasteiger partial charge in [0.25, 0.3) is 0 Å². The third kappa shape index (κ3) is 3.02. The summed E-state index contributed by atoms with van der Waals surface area (Å²) >= 11 is 0. The smallest absolute Gasteiger partial charge is 0.136 e. The fourth-order valence-corrected chi connectivity index (χ4v) is 4.67. The molecule has 0 bridgehead atoms. The first-order valence-electron chi connectivity index (χ1n) is 10.2. The fraction of sp³-hybridized carbons (Fsp3) is 0.185. The van der Waals surface area contributed by atoms with Gasteiger partial charge in [0.05, 0.1) is 5.54 Å². The van der Waals surface area contributed by atoms with Crippen LogP contribution in [0.15, 0.2) is 60.7 Å². The molecule has 2 heterocycles. The molecule has 0 atom stereocenters. The average molecular weight is 397 g/mol. The summed E-state index contributed by atoms with van der Waals surface area (Å²) in [5, 5.41) is 3.64. The van der Waals surface area contributed by atoms with Crippen molar-refractivity contribution in [3.05, 3.63) is 88.7 Å². The van der Waals surface area contributed by atoms with E-state index in [0.29, 0.717) is 5.75 Å². The number of fused-ring (bicyclic) bond motifs is 5. The van der Waals surface area contributed by atoms with Gasteiger partial charge < -0.3 is 10.1 Å². The molecule has 3 aromatic carbocycles. The molecule has 0 saturated carbocycles. The van der Waals surface area contributed by atoms with E-state index < -0.39 is 0 Å². The molecular weight excluding hydrogens is 373 g/mol. The molecule has 5 rings (SSSR count). The highest BCUT2D eigenvalue weighted by Gasteiger charge is 2.32. The van der Waals surface area contributed by atoms with Gasteiger partial charge in [-0.3, -0.25) is 0 Å². The van der Waals surface area contributed by atoms with Crippen molar-refractivity contribution in [1.29, 1.82) is 0 Å². The second-order valence-corrected chi connectivity index (χ2v) is 8.70. The van der Waals surface area contributed by atoms with Crippen molar-refractivity contribution in [1.82, 2.24) is 0 Å². The highest BCUT2D eigenvalue weighted by Crippen LogP contribution is 2.50. The average Bonchev–Trinajstić information content (AvgIpc) is 2.67. The van der Waals surface area contributed by atoms with Gasteiger partial charge in [0, 0.05) is 27.9 Å². The molecule has 0 fully saturated rings. The number of anilines is 1. The van der Waals surface area contributed by atoms with Gasteiger partial charge in [-0.05, 0) is 74.7 Å². The van der Waals surface area contributed by atoms with Crippen LogP contribution in [-0.2, 0) is 0 Å². The second kappa shape index (κ2) is 6.60. The lowest BCUT2D eigenvalue weighted by Gasteiger charge is -2.36. The third-order valence-electron chi connectivity index (χ3n) is 5.73. The maximum atomic E-state index is 14.2. The maximum Gasteiger partial charge on any atom is 0.136 e. The molecular formula is C27H24FNO. The van der Waals surface area contributed by atoms with E-state index in [0.717, 1.165) is 44.8 Å². The van der Waals surface area contributed by atoms with E-state index in [1.807, 2.05) is 18.2 Å². The SMILES string of the molecule is CC1=CC(C)(C)Nc2cc(C)c3c(c21)/C(=C/c1ccccc1)Oc1ccc(F)cc1-3. The van der Waals surface area contributed by atoms with E-state index >= 15 is 0 Å². The van der Waals surface area contributed by atoms with E-state index in [4.69, 9.17) is 4.74 Å². The Labute approximate surface area is 176 Å². The van der Waals surface area contributed by atoms with Crippen LogP contribution in [0.3, 0.4) is 0 Å². The highest BCUT2D eigenvalue weighted by atomic mass is 19.1. The summed E-state index contributed by atoms with van der Waals surface area (Å²) < 4.78 is 20.6. The minimum atomic E-state index is -0.262. The lowest BCUT2D eigenvalue weighted by molar-refractivity contribution is 0.511. The second-order valence-electron chi connectivity index (χ2n) is 8.70. The van der Waals surface area contributed by atoms with Crippen molar-refractivity contribution in [3.8, 4) is 16.9 Å². The van der Waals surface area contributed by atoms with E-state index in [1.54, 1.807) is 12.1 Å². The molecule has 0 spiro atoms. The Kier molecular flexibility index (Phi) is 4.11. The van der Waals surface area contributed by atoms with Crippen LogP contribution in [0.1, 0.15) is 43.0 Å². The van der Waals surface area contributed by atoms with E-state index in [9.17, 15) is 4.39 Å². The van der Waals surface area contributed by atoms with Gasteiger partial charge in [0.1, 0.15) is 17.3 Å². The molecule has 30 heavy (non-hydrogen) atoms. The Morgan fingerprint density at radius 1 is 0.933 bits per heavy atom. The molecule has 0 aromatic heterocycles. The number of aryl methyl sites for hydroxylation is 1. The maximum absolute atomic E-state index is 14.2. The Morgan fingerprint density at radius 2 is 1.70 bits per heavy atom. The van der Waals surface area contributed by atoms with Gasteiger partial charge in [0.2, 0.25) is 0 Å². The molecule has 0 radical (unpaired) electrons. The molecule has 1 N–H and O–H groups in total. The van der Waals surface area contributed by atoms with Crippen molar-refractivity contribution in [2.45, 2.75) is 33.2 Å². The summed E-state index contributed by atoms with van der Waals surface area (Å²) in [6.07, 6.45) is 4.31. The van der Waals surface area contributed by atoms with Crippen molar-refractivity contribution in [3.63, 3.8) is 0 Å². The molecule has 3 heteroatoms. The molecule has 0 amide bonds. The van der Waals surface area contributed by atoms with Crippen molar-refractivity contribution in [2.24, 2.45) is 0 Å². The van der Waals surface area contributed by atoms with Gasteiger partial charge >= 0.3 is 0 Å². The van der Waals surface area contributed by atoms with Crippen LogP contribution in [0, 0.1) is 12.7 Å². The number of hydrogen-bond donors (Lipinski definition) is 1. The number of rotatable bonds is 1. The number of halogens is 1. The standard InChI is InChI=1S/C27H24FNO/c1-16-12-21-25(17(2)15-27(3,4)29-21)26-23(13-18-8-6-5-7-9-18)30-22-11-10-19(28)14-20(22)24(16)26/h5-15,29H,1-4H3/b23-13-. The first-order chi connectivity index (χ1) is 14.3.